The highest BCUT2D eigenvalue weighted by atomic mass is 32.2. The summed E-state index contributed by atoms with van der Waals surface area (Å²) in [6.07, 6.45) is 2.22. The van der Waals surface area contributed by atoms with Crippen LogP contribution in [-0.2, 0) is 10.0 Å². The van der Waals surface area contributed by atoms with Crippen molar-refractivity contribution < 1.29 is 13.3 Å². The molecule has 0 radical (unpaired) electrons. The minimum atomic E-state index is -3.91. The van der Waals surface area contributed by atoms with Crippen LogP contribution in [0.2, 0.25) is 0 Å². The molecule has 1 N–H and O–H groups in total. The van der Waals surface area contributed by atoms with Crippen molar-refractivity contribution in [2.45, 2.75) is 37.6 Å². The third-order valence-electron chi connectivity index (χ3n) is 4.80. The molecule has 8 heteroatoms. The van der Waals surface area contributed by atoms with E-state index in [1.165, 1.54) is 16.4 Å². The average molecular weight is 389 g/mol. The predicted molar refractivity (Wildman–Crippen MR) is 106 cm³/mol. The second-order valence-corrected chi connectivity index (χ2v) is 8.57. The second-order valence-electron chi connectivity index (χ2n) is 6.71. The van der Waals surface area contributed by atoms with Gasteiger partial charge in [-0.3, -0.25) is 14.4 Å². The van der Waals surface area contributed by atoms with Gasteiger partial charge in [0, 0.05) is 18.7 Å². The van der Waals surface area contributed by atoms with Crippen LogP contribution in [0.3, 0.4) is 0 Å². The number of rotatable bonds is 8. The first kappa shape index (κ1) is 19.2. The van der Waals surface area contributed by atoms with Gasteiger partial charge in [0.25, 0.3) is 15.7 Å². The molecule has 1 atom stereocenters. The highest BCUT2D eigenvalue weighted by molar-refractivity contribution is 7.92. The molecule has 1 saturated carbocycles. The molecule has 1 fully saturated rings. The number of nitrogens with one attached hydrogen (secondary N) is 1. The third kappa shape index (κ3) is 4.05. The molecule has 0 bridgehead atoms. The van der Waals surface area contributed by atoms with Crippen molar-refractivity contribution in [3.8, 4) is 0 Å². The van der Waals surface area contributed by atoms with E-state index in [1.807, 2.05) is 6.92 Å². The second kappa shape index (κ2) is 7.56. The van der Waals surface area contributed by atoms with Crippen molar-refractivity contribution in [2.24, 2.45) is 5.92 Å². The Bertz CT molecular complexity index is 927. The smallest absolute Gasteiger partial charge is 0.293 e. The number of hydrogen-bond acceptors (Lipinski definition) is 5. The lowest BCUT2D eigenvalue weighted by atomic mass is 10.2. The molecular formula is C19H23N3O4S. The van der Waals surface area contributed by atoms with E-state index in [4.69, 9.17) is 0 Å². The van der Waals surface area contributed by atoms with Gasteiger partial charge in [-0.1, -0.05) is 18.2 Å². The molecule has 3 rings (SSSR count). The Balaban J connectivity index is 1.97. The Hall–Kier alpha value is -2.61. The number of para-hydroxylation sites is 1. The summed E-state index contributed by atoms with van der Waals surface area (Å²) in [4.78, 5) is 10.9. The van der Waals surface area contributed by atoms with Gasteiger partial charge in [-0.15, -0.1) is 0 Å². The molecule has 0 amide bonds. The molecule has 1 aliphatic rings. The molecule has 0 spiro atoms. The molecule has 144 valence electrons. The van der Waals surface area contributed by atoms with E-state index in [0.29, 0.717) is 17.3 Å². The standard InChI is InChI=1S/C19H23N3O4S/c1-3-21(16-7-5-4-6-8-16)27(25,26)17-11-12-18(19(13-17)22(23)24)20-14(2)15-9-10-15/h4-8,11-15,20H,3,9-10H2,1-2H3. The summed E-state index contributed by atoms with van der Waals surface area (Å²) < 4.78 is 27.4. The molecular weight excluding hydrogens is 366 g/mol. The number of benzene rings is 2. The van der Waals surface area contributed by atoms with Gasteiger partial charge >= 0.3 is 0 Å². The zero-order chi connectivity index (χ0) is 19.6. The first-order valence-electron chi connectivity index (χ1n) is 8.97. The summed E-state index contributed by atoms with van der Waals surface area (Å²) in [5.74, 6) is 0.515. The van der Waals surface area contributed by atoms with Gasteiger partial charge in [0.1, 0.15) is 5.69 Å². The maximum absolute atomic E-state index is 13.1. The zero-order valence-corrected chi connectivity index (χ0v) is 16.1. The number of nitro groups is 1. The lowest BCUT2D eigenvalue weighted by Crippen LogP contribution is -2.30. The van der Waals surface area contributed by atoms with Gasteiger partial charge < -0.3 is 5.32 Å². The summed E-state index contributed by atoms with van der Waals surface area (Å²) >= 11 is 0. The van der Waals surface area contributed by atoms with Crippen LogP contribution in [0.15, 0.2) is 53.4 Å². The van der Waals surface area contributed by atoms with Crippen LogP contribution in [0.25, 0.3) is 0 Å². The fraction of sp³-hybridized carbons (Fsp3) is 0.368. The van der Waals surface area contributed by atoms with Crippen molar-refractivity contribution in [1.82, 2.24) is 0 Å². The van der Waals surface area contributed by atoms with Crippen LogP contribution >= 0.6 is 0 Å². The minimum absolute atomic E-state index is 0.0930. The molecule has 0 aromatic heterocycles. The van der Waals surface area contributed by atoms with Crippen LogP contribution in [0.4, 0.5) is 17.1 Å². The van der Waals surface area contributed by atoms with Crippen LogP contribution in [0, 0.1) is 16.0 Å². The van der Waals surface area contributed by atoms with Gasteiger partial charge in [0.05, 0.1) is 15.5 Å². The normalized spacial score (nSPS) is 15.2. The first-order chi connectivity index (χ1) is 12.8. The van der Waals surface area contributed by atoms with Gasteiger partial charge in [0.15, 0.2) is 0 Å². The first-order valence-corrected chi connectivity index (χ1v) is 10.4. The topological polar surface area (TPSA) is 92.6 Å². The quantitative estimate of drug-likeness (QED) is 0.544. The Morgan fingerprint density at radius 3 is 2.44 bits per heavy atom. The maximum atomic E-state index is 13.1. The number of sulfonamides is 1. The van der Waals surface area contributed by atoms with Crippen LogP contribution in [0.1, 0.15) is 26.7 Å². The molecule has 0 saturated heterocycles. The third-order valence-corrected chi connectivity index (χ3v) is 6.70. The van der Waals surface area contributed by atoms with Crippen molar-refractivity contribution in [2.75, 3.05) is 16.2 Å². The summed E-state index contributed by atoms with van der Waals surface area (Å²) in [6.45, 7) is 3.94. The highest BCUT2D eigenvalue weighted by Gasteiger charge is 2.31. The zero-order valence-electron chi connectivity index (χ0n) is 15.3. The number of nitro benzene ring substituents is 1. The Labute approximate surface area is 159 Å². The monoisotopic (exact) mass is 389 g/mol. The van der Waals surface area contributed by atoms with Crippen molar-refractivity contribution in [1.29, 1.82) is 0 Å². The fourth-order valence-corrected chi connectivity index (χ4v) is 4.61. The van der Waals surface area contributed by atoms with E-state index in [9.17, 15) is 18.5 Å². The molecule has 1 aliphatic carbocycles. The summed E-state index contributed by atoms with van der Waals surface area (Å²) in [5, 5.41) is 14.7. The van der Waals surface area contributed by atoms with E-state index in [1.54, 1.807) is 37.3 Å². The fourth-order valence-electron chi connectivity index (χ4n) is 3.12. The van der Waals surface area contributed by atoms with Gasteiger partial charge in [-0.2, -0.15) is 0 Å². The molecule has 27 heavy (non-hydrogen) atoms. The lowest BCUT2D eigenvalue weighted by molar-refractivity contribution is -0.384. The van der Waals surface area contributed by atoms with E-state index in [0.717, 1.165) is 18.9 Å². The molecule has 7 nitrogen and oxygen atoms in total. The van der Waals surface area contributed by atoms with Crippen LogP contribution in [-0.4, -0.2) is 25.9 Å². The Kier molecular flexibility index (Phi) is 5.36. The summed E-state index contributed by atoms with van der Waals surface area (Å²) in [6, 6.07) is 12.9. The molecule has 1 unspecified atom stereocenters. The minimum Gasteiger partial charge on any atom is -0.377 e. The van der Waals surface area contributed by atoms with Crippen molar-refractivity contribution >= 4 is 27.1 Å². The van der Waals surface area contributed by atoms with Crippen LogP contribution in [0.5, 0.6) is 0 Å². The predicted octanol–water partition coefficient (Wildman–Crippen LogP) is 4.02. The Morgan fingerprint density at radius 1 is 1.22 bits per heavy atom. The van der Waals surface area contributed by atoms with Crippen molar-refractivity contribution in [3.05, 3.63) is 58.6 Å². The van der Waals surface area contributed by atoms with E-state index < -0.39 is 14.9 Å². The molecule has 2 aromatic carbocycles. The van der Waals surface area contributed by atoms with Crippen molar-refractivity contribution in [3.63, 3.8) is 0 Å². The van der Waals surface area contributed by atoms with Gasteiger partial charge in [-0.25, -0.2) is 8.42 Å². The molecule has 2 aromatic rings. The van der Waals surface area contributed by atoms with Gasteiger partial charge in [-0.05, 0) is 56.9 Å². The molecule has 0 aliphatic heterocycles. The highest BCUT2D eigenvalue weighted by Crippen LogP contribution is 2.36. The maximum Gasteiger partial charge on any atom is 0.293 e. The van der Waals surface area contributed by atoms with Gasteiger partial charge in [0.2, 0.25) is 0 Å². The van der Waals surface area contributed by atoms with E-state index in [2.05, 4.69) is 5.32 Å². The number of hydrogen-bond donors (Lipinski definition) is 1. The van der Waals surface area contributed by atoms with E-state index >= 15 is 0 Å². The Morgan fingerprint density at radius 2 is 1.89 bits per heavy atom. The number of anilines is 2. The van der Waals surface area contributed by atoms with Crippen LogP contribution < -0.4 is 9.62 Å². The largest absolute Gasteiger partial charge is 0.377 e. The lowest BCUT2D eigenvalue weighted by Gasteiger charge is -2.23. The number of nitrogens with zero attached hydrogens (tertiary/aromatic N) is 2. The van der Waals surface area contributed by atoms with E-state index in [-0.39, 0.29) is 23.2 Å². The SMILES string of the molecule is CCN(c1ccccc1)S(=O)(=O)c1ccc(NC(C)C2CC2)c([N+](=O)[O-])c1. The summed E-state index contributed by atoms with van der Waals surface area (Å²) in [7, 11) is -3.91. The molecule has 0 heterocycles. The summed E-state index contributed by atoms with van der Waals surface area (Å²) in [5.41, 5.74) is 0.640. The average Bonchev–Trinajstić information content (AvgIpc) is 3.48.